The Kier molecular flexibility index (Phi) is 6.31. The van der Waals surface area contributed by atoms with Gasteiger partial charge in [-0.15, -0.1) is 0 Å². The number of nitrogens with zero attached hydrogens (tertiary/aromatic N) is 1. The van der Waals surface area contributed by atoms with Crippen LogP contribution in [0.4, 0.5) is 11.4 Å². The van der Waals surface area contributed by atoms with Gasteiger partial charge in [-0.3, -0.25) is 10.1 Å². The Hall–Kier alpha value is -2.15. The van der Waals surface area contributed by atoms with Crippen LogP contribution >= 0.6 is 23.8 Å². The van der Waals surface area contributed by atoms with Gasteiger partial charge in [0.1, 0.15) is 0 Å². The maximum Gasteiger partial charge on any atom is 0.257 e. The summed E-state index contributed by atoms with van der Waals surface area (Å²) in [5.74, 6) is -0.244. The molecule has 27 heavy (non-hydrogen) atoms. The first-order valence-electron chi connectivity index (χ1n) is 8.76. The number of carbonyl (C=O) groups excluding carboxylic acids is 1. The lowest BCUT2D eigenvalue weighted by atomic mass is 10.1. The fraction of sp³-hybridized carbons (Fsp3) is 0.300. The Morgan fingerprint density at radius 3 is 2.52 bits per heavy atom. The number of nitrogens with one attached hydrogen (secondary N) is 2. The molecular formula is C20H22ClN3O2S. The smallest absolute Gasteiger partial charge is 0.257 e. The van der Waals surface area contributed by atoms with Crippen molar-refractivity contribution in [2.24, 2.45) is 0 Å². The molecule has 142 valence electrons. The van der Waals surface area contributed by atoms with Gasteiger partial charge in [0, 0.05) is 24.3 Å². The number of thiocarbonyl (C=S) groups is 1. The number of benzene rings is 2. The highest BCUT2D eigenvalue weighted by molar-refractivity contribution is 7.80. The van der Waals surface area contributed by atoms with Crippen LogP contribution in [0.25, 0.3) is 0 Å². The second-order valence-corrected chi connectivity index (χ2v) is 7.29. The zero-order chi connectivity index (χ0) is 19.4. The topological polar surface area (TPSA) is 53.6 Å². The standard InChI is InChI=1S/C20H22ClN3O2S/c1-13-3-4-15(11-14(13)2)19(25)23-20(27)22-16-5-6-18(17(21)12-16)24-7-9-26-10-8-24/h3-6,11-12H,7-10H2,1-2H3,(H2,22,23,25,27). The molecule has 0 aromatic heterocycles. The van der Waals surface area contributed by atoms with Crippen molar-refractivity contribution in [2.75, 3.05) is 36.5 Å². The summed E-state index contributed by atoms with van der Waals surface area (Å²) in [5, 5.41) is 6.57. The highest BCUT2D eigenvalue weighted by atomic mass is 35.5. The summed E-state index contributed by atoms with van der Waals surface area (Å²) < 4.78 is 5.37. The van der Waals surface area contributed by atoms with E-state index in [2.05, 4.69) is 15.5 Å². The summed E-state index contributed by atoms with van der Waals surface area (Å²) in [7, 11) is 0. The van der Waals surface area contributed by atoms with Crippen LogP contribution in [0.1, 0.15) is 21.5 Å². The van der Waals surface area contributed by atoms with Gasteiger partial charge in [0.05, 0.1) is 23.9 Å². The number of ether oxygens (including phenoxy) is 1. The zero-order valence-corrected chi connectivity index (χ0v) is 16.9. The van der Waals surface area contributed by atoms with Crippen LogP contribution in [-0.4, -0.2) is 37.3 Å². The molecule has 2 N–H and O–H groups in total. The van der Waals surface area contributed by atoms with Crippen molar-refractivity contribution in [2.45, 2.75) is 13.8 Å². The third kappa shape index (κ3) is 4.97. The molecule has 1 fully saturated rings. The van der Waals surface area contributed by atoms with Crippen molar-refractivity contribution in [3.8, 4) is 0 Å². The number of hydrogen-bond acceptors (Lipinski definition) is 4. The van der Waals surface area contributed by atoms with E-state index >= 15 is 0 Å². The Balaban J connectivity index is 1.62. The van der Waals surface area contributed by atoms with Gasteiger partial charge in [-0.25, -0.2) is 0 Å². The molecule has 1 heterocycles. The fourth-order valence-electron chi connectivity index (χ4n) is 2.87. The van der Waals surface area contributed by atoms with E-state index in [1.165, 1.54) is 0 Å². The summed E-state index contributed by atoms with van der Waals surface area (Å²) in [6, 6.07) is 11.2. The van der Waals surface area contributed by atoms with Crippen molar-refractivity contribution < 1.29 is 9.53 Å². The van der Waals surface area contributed by atoms with Crippen molar-refractivity contribution >= 4 is 46.2 Å². The van der Waals surface area contributed by atoms with Gasteiger partial charge in [-0.1, -0.05) is 17.7 Å². The number of amides is 1. The average molecular weight is 404 g/mol. The number of aryl methyl sites for hydroxylation is 2. The molecule has 2 aromatic carbocycles. The highest BCUT2D eigenvalue weighted by Gasteiger charge is 2.15. The minimum absolute atomic E-state index is 0.230. The van der Waals surface area contributed by atoms with E-state index in [4.69, 9.17) is 28.6 Å². The number of hydrogen-bond donors (Lipinski definition) is 2. The number of anilines is 2. The minimum Gasteiger partial charge on any atom is -0.378 e. The van der Waals surface area contributed by atoms with Crippen molar-refractivity contribution in [3.05, 3.63) is 58.1 Å². The van der Waals surface area contributed by atoms with Gasteiger partial charge >= 0.3 is 0 Å². The third-order valence-corrected chi connectivity index (χ3v) is 5.06. The summed E-state index contributed by atoms with van der Waals surface area (Å²) in [4.78, 5) is 14.5. The lowest BCUT2D eigenvalue weighted by Crippen LogP contribution is -2.36. The van der Waals surface area contributed by atoms with Gasteiger partial charge in [-0.2, -0.15) is 0 Å². The lowest BCUT2D eigenvalue weighted by molar-refractivity contribution is 0.0977. The predicted octanol–water partition coefficient (Wildman–Crippen LogP) is 3.92. The average Bonchev–Trinajstić information content (AvgIpc) is 2.64. The molecule has 1 aliphatic rings. The maximum absolute atomic E-state index is 12.4. The van der Waals surface area contributed by atoms with Crippen molar-refractivity contribution in [1.29, 1.82) is 0 Å². The Bertz CT molecular complexity index is 866. The van der Waals surface area contributed by atoms with E-state index in [-0.39, 0.29) is 11.0 Å². The minimum atomic E-state index is -0.244. The molecule has 0 radical (unpaired) electrons. The quantitative estimate of drug-likeness (QED) is 0.761. The van der Waals surface area contributed by atoms with Crippen molar-refractivity contribution in [3.63, 3.8) is 0 Å². The second-order valence-electron chi connectivity index (χ2n) is 6.47. The Morgan fingerprint density at radius 2 is 1.85 bits per heavy atom. The van der Waals surface area contributed by atoms with Gasteiger partial charge in [-0.05, 0) is 67.5 Å². The molecule has 0 spiro atoms. The molecule has 2 aromatic rings. The molecular weight excluding hydrogens is 382 g/mol. The molecule has 0 saturated carbocycles. The molecule has 0 aliphatic carbocycles. The van der Waals surface area contributed by atoms with E-state index < -0.39 is 0 Å². The van der Waals surface area contributed by atoms with Crippen LogP contribution in [0, 0.1) is 13.8 Å². The summed E-state index contributed by atoms with van der Waals surface area (Å²) in [6.07, 6.45) is 0. The second kappa shape index (κ2) is 8.69. The van der Waals surface area contributed by atoms with Crippen molar-refractivity contribution in [1.82, 2.24) is 5.32 Å². The maximum atomic E-state index is 12.4. The molecule has 0 unspecified atom stereocenters. The van der Waals surface area contributed by atoms with Crippen LogP contribution < -0.4 is 15.5 Å². The largest absolute Gasteiger partial charge is 0.378 e. The number of halogens is 1. The highest BCUT2D eigenvalue weighted by Crippen LogP contribution is 2.29. The predicted molar refractivity (Wildman–Crippen MR) is 114 cm³/mol. The SMILES string of the molecule is Cc1ccc(C(=O)NC(=S)Nc2ccc(N3CCOCC3)c(Cl)c2)cc1C. The summed E-state index contributed by atoms with van der Waals surface area (Å²) >= 11 is 11.7. The summed E-state index contributed by atoms with van der Waals surface area (Å²) in [5.41, 5.74) is 4.47. The van der Waals surface area contributed by atoms with Crippen LogP contribution in [0.2, 0.25) is 5.02 Å². The van der Waals surface area contributed by atoms with Gasteiger partial charge in [0.2, 0.25) is 0 Å². The molecule has 1 saturated heterocycles. The number of rotatable bonds is 3. The summed E-state index contributed by atoms with van der Waals surface area (Å²) in [6.45, 7) is 7.01. The van der Waals surface area contributed by atoms with E-state index in [0.717, 1.165) is 35.6 Å². The van der Waals surface area contributed by atoms with Crippen LogP contribution in [0.3, 0.4) is 0 Å². The van der Waals surface area contributed by atoms with Crippen LogP contribution in [0.5, 0.6) is 0 Å². The molecule has 5 nitrogen and oxygen atoms in total. The first-order chi connectivity index (χ1) is 12.9. The lowest BCUT2D eigenvalue weighted by Gasteiger charge is -2.29. The zero-order valence-electron chi connectivity index (χ0n) is 15.3. The molecule has 0 bridgehead atoms. The van der Waals surface area contributed by atoms with Crippen LogP contribution in [-0.2, 0) is 4.74 Å². The van der Waals surface area contributed by atoms with E-state index in [0.29, 0.717) is 23.8 Å². The molecule has 3 rings (SSSR count). The molecule has 1 aliphatic heterocycles. The van der Waals surface area contributed by atoms with Crippen LogP contribution in [0.15, 0.2) is 36.4 Å². The first-order valence-corrected chi connectivity index (χ1v) is 9.54. The van der Waals surface area contributed by atoms with Gasteiger partial charge in [0.15, 0.2) is 5.11 Å². The number of carbonyl (C=O) groups is 1. The molecule has 0 atom stereocenters. The normalized spacial score (nSPS) is 14.0. The third-order valence-electron chi connectivity index (χ3n) is 4.55. The molecule has 7 heteroatoms. The van der Waals surface area contributed by atoms with E-state index in [1.807, 2.05) is 38.1 Å². The van der Waals surface area contributed by atoms with Gasteiger partial charge < -0.3 is 15.0 Å². The van der Waals surface area contributed by atoms with E-state index in [1.54, 1.807) is 12.1 Å². The Labute approximate surface area is 169 Å². The molecule has 1 amide bonds. The monoisotopic (exact) mass is 403 g/mol. The Morgan fingerprint density at radius 1 is 1.11 bits per heavy atom. The van der Waals surface area contributed by atoms with E-state index in [9.17, 15) is 4.79 Å². The number of morpholine rings is 1. The fourth-order valence-corrected chi connectivity index (χ4v) is 3.38. The first kappa shape index (κ1) is 19.6. The van der Waals surface area contributed by atoms with Gasteiger partial charge in [0.25, 0.3) is 5.91 Å².